The maximum atomic E-state index is 11.7. The third-order valence-electron chi connectivity index (χ3n) is 3.68. The van der Waals surface area contributed by atoms with Crippen molar-refractivity contribution in [3.05, 3.63) is 0 Å². The first-order valence-electron chi connectivity index (χ1n) is 9.07. The number of rotatable bonds is 17. The molecule has 0 bridgehead atoms. The van der Waals surface area contributed by atoms with Gasteiger partial charge in [0.2, 0.25) is 0 Å². The lowest BCUT2D eigenvalue weighted by Gasteiger charge is -2.20. The maximum absolute atomic E-state index is 11.7. The molecular formula is C18H32O9. The minimum atomic E-state index is -1.04. The molecular weight excluding hydrogens is 360 g/mol. The lowest BCUT2D eigenvalue weighted by Crippen LogP contribution is -2.27. The molecule has 0 unspecified atom stereocenters. The summed E-state index contributed by atoms with van der Waals surface area (Å²) in [6.45, 7) is 7.95. The molecule has 1 N–H and O–H groups in total. The first-order valence-corrected chi connectivity index (χ1v) is 9.07. The standard InChI is InChI=1S/C18H32O9/c1-4-18(2,3)17(22)27-14-12-25-10-8-23-7-9-24-11-13-26-16(21)6-5-15(19)20/h4-14H2,1-3H3,(H,19,20). The molecule has 0 atom stereocenters. The lowest BCUT2D eigenvalue weighted by molar-refractivity contribution is -0.155. The number of aliphatic carboxylic acids is 1. The quantitative estimate of drug-likeness (QED) is 0.290. The third kappa shape index (κ3) is 15.1. The number of carbonyl (C=O) groups is 3. The van der Waals surface area contributed by atoms with Gasteiger partial charge in [-0.15, -0.1) is 0 Å². The van der Waals surface area contributed by atoms with E-state index in [1.807, 2.05) is 20.8 Å². The number of esters is 2. The summed E-state index contributed by atoms with van der Waals surface area (Å²) in [5, 5.41) is 8.42. The summed E-state index contributed by atoms with van der Waals surface area (Å²) >= 11 is 0. The Morgan fingerprint density at radius 3 is 1.63 bits per heavy atom. The van der Waals surface area contributed by atoms with Crippen LogP contribution in [-0.2, 0) is 38.1 Å². The Morgan fingerprint density at radius 2 is 1.19 bits per heavy atom. The van der Waals surface area contributed by atoms with Crippen molar-refractivity contribution < 1.29 is 43.2 Å². The molecule has 0 aliphatic heterocycles. The predicted octanol–water partition coefficient (Wildman–Crippen LogP) is 1.42. The van der Waals surface area contributed by atoms with E-state index in [1.54, 1.807) is 0 Å². The summed E-state index contributed by atoms with van der Waals surface area (Å²) in [6, 6.07) is 0. The normalized spacial score (nSPS) is 11.2. The van der Waals surface area contributed by atoms with E-state index < -0.39 is 17.4 Å². The van der Waals surface area contributed by atoms with Crippen LogP contribution in [0.2, 0.25) is 0 Å². The van der Waals surface area contributed by atoms with Crippen LogP contribution in [-0.4, -0.2) is 75.9 Å². The van der Waals surface area contributed by atoms with Crippen LogP contribution in [0, 0.1) is 5.41 Å². The number of hydrogen-bond donors (Lipinski definition) is 1. The predicted molar refractivity (Wildman–Crippen MR) is 95.3 cm³/mol. The molecule has 0 saturated carbocycles. The largest absolute Gasteiger partial charge is 0.481 e. The van der Waals surface area contributed by atoms with Crippen LogP contribution in [0.4, 0.5) is 0 Å². The van der Waals surface area contributed by atoms with E-state index >= 15 is 0 Å². The molecule has 0 radical (unpaired) electrons. The molecule has 0 saturated heterocycles. The summed E-state index contributed by atoms with van der Waals surface area (Å²) in [5.74, 6) is -1.82. The van der Waals surface area contributed by atoms with E-state index in [2.05, 4.69) is 0 Å². The highest BCUT2D eigenvalue weighted by Crippen LogP contribution is 2.21. The van der Waals surface area contributed by atoms with Crippen LogP contribution >= 0.6 is 0 Å². The first kappa shape index (κ1) is 25.3. The Labute approximate surface area is 160 Å². The Balaban J connectivity index is 3.31. The van der Waals surface area contributed by atoms with E-state index in [0.29, 0.717) is 33.0 Å². The smallest absolute Gasteiger partial charge is 0.311 e. The average Bonchev–Trinajstić information content (AvgIpc) is 2.63. The summed E-state index contributed by atoms with van der Waals surface area (Å²) in [4.78, 5) is 33.1. The van der Waals surface area contributed by atoms with Crippen molar-refractivity contribution in [2.75, 3.05) is 52.9 Å². The van der Waals surface area contributed by atoms with Crippen LogP contribution in [0.1, 0.15) is 40.0 Å². The summed E-state index contributed by atoms with van der Waals surface area (Å²) in [6.07, 6.45) is 0.332. The second-order valence-corrected chi connectivity index (χ2v) is 6.32. The van der Waals surface area contributed by atoms with Gasteiger partial charge < -0.3 is 28.8 Å². The van der Waals surface area contributed by atoms with Crippen molar-refractivity contribution in [3.63, 3.8) is 0 Å². The van der Waals surface area contributed by atoms with Crippen molar-refractivity contribution in [2.45, 2.75) is 40.0 Å². The molecule has 0 aromatic heterocycles. The van der Waals surface area contributed by atoms with Gasteiger partial charge in [0.1, 0.15) is 13.2 Å². The minimum Gasteiger partial charge on any atom is -0.481 e. The van der Waals surface area contributed by atoms with Crippen LogP contribution in [0.3, 0.4) is 0 Å². The Hall–Kier alpha value is -1.71. The average molecular weight is 392 g/mol. The van der Waals surface area contributed by atoms with E-state index in [4.69, 9.17) is 28.8 Å². The minimum absolute atomic E-state index is 0.0785. The van der Waals surface area contributed by atoms with Gasteiger partial charge in [-0.2, -0.15) is 0 Å². The Morgan fingerprint density at radius 1 is 0.741 bits per heavy atom. The number of carboxylic acid groups (broad SMARTS) is 1. The highest BCUT2D eigenvalue weighted by molar-refractivity contribution is 5.76. The second kappa shape index (κ2) is 15.4. The fourth-order valence-electron chi connectivity index (χ4n) is 1.57. The fraction of sp³-hybridized carbons (Fsp3) is 0.833. The zero-order valence-corrected chi connectivity index (χ0v) is 16.5. The zero-order chi connectivity index (χ0) is 20.5. The number of ether oxygens (including phenoxy) is 5. The molecule has 158 valence electrons. The van der Waals surface area contributed by atoms with Gasteiger partial charge in [-0.3, -0.25) is 14.4 Å². The SMILES string of the molecule is CCC(C)(C)C(=O)OCCOCCOCCOCCOC(=O)CCC(=O)O. The highest BCUT2D eigenvalue weighted by Gasteiger charge is 2.26. The molecule has 0 aromatic rings. The van der Waals surface area contributed by atoms with Gasteiger partial charge in [-0.05, 0) is 20.3 Å². The number of hydrogen-bond acceptors (Lipinski definition) is 8. The van der Waals surface area contributed by atoms with Gasteiger partial charge >= 0.3 is 17.9 Å². The maximum Gasteiger partial charge on any atom is 0.311 e. The van der Waals surface area contributed by atoms with Crippen LogP contribution < -0.4 is 0 Å². The van der Waals surface area contributed by atoms with E-state index in [-0.39, 0.29) is 38.6 Å². The summed E-state index contributed by atoms with van der Waals surface area (Å²) in [7, 11) is 0. The molecule has 0 rings (SSSR count). The molecule has 0 spiro atoms. The van der Waals surface area contributed by atoms with Gasteiger partial charge in [0, 0.05) is 0 Å². The topological polar surface area (TPSA) is 118 Å². The lowest BCUT2D eigenvalue weighted by atomic mass is 9.91. The molecule has 9 heteroatoms. The molecule has 0 aliphatic rings. The second-order valence-electron chi connectivity index (χ2n) is 6.32. The van der Waals surface area contributed by atoms with Crippen molar-refractivity contribution in [2.24, 2.45) is 5.41 Å². The fourth-order valence-corrected chi connectivity index (χ4v) is 1.57. The van der Waals surface area contributed by atoms with Crippen LogP contribution in [0.15, 0.2) is 0 Å². The summed E-state index contributed by atoms with van der Waals surface area (Å²) in [5.41, 5.74) is -0.472. The molecule has 9 nitrogen and oxygen atoms in total. The monoisotopic (exact) mass is 392 g/mol. The van der Waals surface area contributed by atoms with Gasteiger partial charge in [0.15, 0.2) is 0 Å². The molecule has 0 amide bonds. The van der Waals surface area contributed by atoms with E-state index in [1.165, 1.54) is 0 Å². The molecule has 0 aromatic carbocycles. The number of carbonyl (C=O) groups excluding carboxylic acids is 2. The van der Waals surface area contributed by atoms with Crippen molar-refractivity contribution >= 4 is 17.9 Å². The third-order valence-corrected chi connectivity index (χ3v) is 3.68. The molecule has 27 heavy (non-hydrogen) atoms. The van der Waals surface area contributed by atoms with Gasteiger partial charge in [-0.1, -0.05) is 6.92 Å². The van der Waals surface area contributed by atoms with E-state index in [0.717, 1.165) is 6.42 Å². The van der Waals surface area contributed by atoms with Gasteiger partial charge in [0.25, 0.3) is 0 Å². The Bertz CT molecular complexity index is 435. The molecule has 0 aliphatic carbocycles. The summed E-state index contributed by atoms with van der Waals surface area (Å²) < 4.78 is 25.7. The van der Waals surface area contributed by atoms with E-state index in [9.17, 15) is 14.4 Å². The van der Waals surface area contributed by atoms with Gasteiger partial charge in [0.05, 0.1) is 57.9 Å². The Kier molecular flexibility index (Phi) is 14.4. The highest BCUT2D eigenvalue weighted by atomic mass is 16.6. The van der Waals surface area contributed by atoms with Gasteiger partial charge in [-0.25, -0.2) is 0 Å². The zero-order valence-electron chi connectivity index (χ0n) is 16.5. The molecule has 0 heterocycles. The number of carboxylic acids is 1. The van der Waals surface area contributed by atoms with Crippen LogP contribution in [0.25, 0.3) is 0 Å². The van der Waals surface area contributed by atoms with Crippen molar-refractivity contribution in [1.29, 1.82) is 0 Å². The first-order chi connectivity index (χ1) is 12.8. The van der Waals surface area contributed by atoms with Crippen molar-refractivity contribution in [1.82, 2.24) is 0 Å². The molecule has 0 fully saturated rings. The van der Waals surface area contributed by atoms with Crippen LogP contribution in [0.5, 0.6) is 0 Å². The van der Waals surface area contributed by atoms with Crippen molar-refractivity contribution in [3.8, 4) is 0 Å².